The summed E-state index contributed by atoms with van der Waals surface area (Å²) in [7, 11) is 1.51. The number of methoxy groups -OCH3 is 1. The van der Waals surface area contributed by atoms with Gasteiger partial charge < -0.3 is 9.64 Å². The summed E-state index contributed by atoms with van der Waals surface area (Å²) in [4.78, 5) is 14.7. The molecule has 0 aromatic carbocycles. The minimum absolute atomic E-state index is 0.266. The number of ether oxygens (including phenoxy) is 1. The molecule has 1 rings (SSSR count). The summed E-state index contributed by atoms with van der Waals surface area (Å²) in [6, 6.07) is 2.22. The van der Waals surface area contributed by atoms with Crippen LogP contribution in [-0.4, -0.2) is 46.3 Å². The zero-order chi connectivity index (χ0) is 14.3. The summed E-state index contributed by atoms with van der Waals surface area (Å²) in [6.45, 7) is 5.64. The van der Waals surface area contributed by atoms with E-state index in [9.17, 15) is 0 Å². The van der Waals surface area contributed by atoms with Crippen LogP contribution in [0.15, 0.2) is 5.16 Å². The van der Waals surface area contributed by atoms with Crippen molar-refractivity contribution in [2.24, 2.45) is 0 Å². The van der Waals surface area contributed by atoms with Crippen molar-refractivity contribution in [1.82, 2.24) is 15.0 Å². The Balaban J connectivity index is 2.92. The molecule has 1 heterocycles. The molecule has 0 saturated heterocycles. The summed E-state index contributed by atoms with van der Waals surface area (Å²) in [5, 5.41) is 8.59. The molecule has 0 aliphatic heterocycles. The number of nitrogens with zero attached hydrogens (tertiary/aromatic N) is 5. The molecular formula is C11H16ClN5OS. The van der Waals surface area contributed by atoms with Gasteiger partial charge in [0.2, 0.25) is 5.95 Å². The van der Waals surface area contributed by atoms with Crippen LogP contribution in [0.4, 0.5) is 5.95 Å². The molecule has 8 heteroatoms. The molecule has 0 spiro atoms. The molecular weight excluding hydrogens is 286 g/mol. The summed E-state index contributed by atoms with van der Waals surface area (Å²) in [5.41, 5.74) is 0. The van der Waals surface area contributed by atoms with Crippen molar-refractivity contribution in [2.45, 2.75) is 24.4 Å². The van der Waals surface area contributed by atoms with Gasteiger partial charge in [-0.2, -0.15) is 20.2 Å². The topological polar surface area (TPSA) is 74.9 Å². The van der Waals surface area contributed by atoms with E-state index in [1.165, 1.54) is 18.9 Å². The molecule has 0 saturated carbocycles. The fourth-order valence-electron chi connectivity index (χ4n) is 1.32. The standard InChI is InChI=1S/C11H16ClN5OS/c1-4-17(5-2)9-14-10(18-3)16-11(15-9)19-7-8(12)6-13/h8H,4-5,7H2,1-3H3. The Hall–Kier alpha value is -1.26. The second-order valence-electron chi connectivity index (χ2n) is 3.48. The molecule has 1 aromatic heterocycles. The van der Waals surface area contributed by atoms with Gasteiger partial charge in [-0.05, 0) is 13.8 Å². The highest BCUT2D eigenvalue weighted by Crippen LogP contribution is 2.21. The fraction of sp³-hybridized carbons (Fsp3) is 0.636. The van der Waals surface area contributed by atoms with Crippen LogP contribution in [0.25, 0.3) is 0 Å². The van der Waals surface area contributed by atoms with E-state index < -0.39 is 5.38 Å². The Bertz CT molecular complexity index is 449. The Morgan fingerprint density at radius 1 is 1.37 bits per heavy atom. The van der Waals surface area contributed by atoms with Crippen molar-refractivity contribution in [3.05, 3.63) is 0 Å². The van der Waals surface area contributed by atoms with Gasteiger partial charge in [0.05, 0.1) is 13.2 Å². The highest BCUT2D eigenvalue weighted by Gasteiger charge is 2.13. The molecule has 0 radical (unpaired) electrons. The molecule has 1 aromatic rings. The van der Waals surface area contributed by atoms with Crippen LogP contribution < -0.4 is 9.64 Å². The number of rotatable bonds is 7. The van der Waals surface area contributed by atoms with Gasteiger partial charge in [-0.1, -0.05) is 11.8 Å². The monoisotopic (exact) mass is 301 g/mol. The number of aromatic nitrogens is 3. The average Bonchev–Trinajstić information content (AvgIpc) is 2.45. The smallest absolute Gasteiger partial charge is 0.321 e. The molecule has 0 aliphatic rings. The number of hydrogen-bond donors (Lipinski definition) is 0. The van der Waals surface area contributed by atoms with Gasteiger partial charge >= 0.3 is 6.01 Å². The number of alkyl halides is 1. The first-order valence-electron chi connectivity index (χ1n) is 5.86. The lowest BCUT2D eigenvalue weighted by atomic mass is 10.5. The van der Waals surface area contributed by atoms with Crippen LogP contribution in [0, 0.1) is 11.3 Å². The largest absolute Gasteiger partial charge is 0.467 e. The minimum Gasteiger partial charge on any atom is -0.467 e. The van der Waals surface area contributed by atoms with Crippen molar-refractivity contribution in [3.8, 4) is 12.1 Å². The van der Waals surface area contributed by atoms with E-state index >= 15 is 0 Å². The molecule has 0 fully saturated rings. The van der Waals surface area contributed by atoms with E-state index in [0.717, 1.165) is 13.1 Å². The van der Waals surface area contributed by atoms with E-state index in [0.29, 0.717) is 16.9 Å². The quantitative estimate of drug-likeness (QED) is 0.563. The zero-order valence-electron chi connectivity index (χ0n) is 11.1. The van der Waals surface area contributed by atoms with E-state index in [1.807, 2.05) is 24.8 Å². The predicted molar refractivity (Wildman–Crippen MR) is 75.9 cm³/mol. The van der Waals surface area contributed by atoms with Crippen molar-refractivity contribution in [2.75, 3.05) is 30.9 Å². The molecule has 1 unspecified atom stereocenters. The van der Waals surface area contributed by atoms with Crippen LogP contribution in [0.1, 0.15) is 13.8 Å². The first-order chi connectivity index (χ1) is 9.14. The molecule has 19 heavy (non-hydrogen) atoms. The summed E-state index contributed by atoms with van der Waals surface area (Å²) < 4.78 is 5.07. The van der Waals surface area contributed by atoms with Crippen molar-refractivity contribution >= 4 is 29.3 Å². The first kappa shape index (κ1) is 15.8. The van der Waals surface area contributed by atoms with E-state index in [2.05, 4.69) is 15.0 Å². The SMILES string of the molecule is CCN(CC)c1nc(OC)nc(SCC(Cl)C#N)n1. The number of halogens is 1. The molecule has 6 nitrogen and oxygen atoms in total. The normalized spacial score (nSPS) is 11.7. The van der Waals surface area contributed by atoms with E-state index in [4.69, 9.17) is 21.6 Å². The second kappa shape index (κ2) is 8.02. The van der Waals surface area contributed by atoms with Gasteiger partial charge in [-0.15, -0.1) is 11.6 Å². The number of thioether (sulfide) groups is 1. The summed E-state index contributed by atoms with van der Waals surface area (Å²) in [6.07, 6.45) is 0. The van der Waals surface area contributed by atoms with Crippen LogP contribution >= 0.6 is 23.4 Å². The van der Waals surface area contributed by atoms with E-state index in [1.54, 1.807) is 0 Å². The van der Waals surface area contributed by atoms with Gasteiger partial charge in [0, 0.05) is 18.8 Å². The summed E-state index contributed by atoms with van der Waals surface area (Å²) in [5.74, 6) is 0.991. The second-order valence-corrected chi connectivity index (χ2v) is 5.00. The maximum Gasteiger partial charge on any atom is 0.321 e. The Morgan fingerprint density at radius 3 is 2.58 bits per heavy atom. The van der Waals surface area contributed by atoms with E-state index in [-0.39, 0.29) is 6.01 Å². The lowest BCUT2D eigenvalue weighted by Crippen LogP contribution is -2.24. The van der Waals surface area contributed by atoms with Gasteiger partial charge in [0.15, 0.2) is 5.16 Å². The highest BCUT2D eigenvalue weighted by molar-refractivity contribution is 7.99. The van der Waals surface area contributed by atoms with Crippen LogP contribution in [0.5, 0.6) is 6.01 Å². The zero-order valence-corrected chi connectivity index (χ0v) is 12.7. The van der Waals surface area contributed by atoms with Crippen LogP contribution in [-0.2, 0) is 0 Å². The third-order valence-electron chi connectivity index (χ3n) is 2.31. The van der Waals surface area contributed by atoms with Crippen LogP contribution in [0.2, 0.25) is 0 Å². The Kier molecular flexibility index (Phi) is 6.67. The Morgan fingerprint density at radius 2 is 2.05 bits per heavy atom. The molecule has 0 amide bonds. The van der Waals surface area contributed by atoms with Crippen molar-refractivity contribution in [1.29, 1.82) is 5.26 Å². The lowest BCUT2D eigenvalue weighted by Gasteiger charge is -2.18. The Labute approximate surface area is 122 Å². The molecule has 0 bridgehead atoms. The highest BCUT2D eigenvalue weighted by atomic mass is 35.5. The van der Waals surface area contributed by atoms with Crippen LogP contribution in [0.3, 0.4) is 0 Å². The predicted octanol–water partition coefficient (Wildman–Crippen LogP) is 1.95. The molecule has 0 N–H and O–H groups in total. The van der Waals surface area contributed by atoms with Gasteiger partial charge in [-0.25, -0.2) is 0 Å². The van der Waals surface area contributed by atoms with Gasteiger partial charge in [0.25, 0.3) is 0 Å². The third kappa shape index (κ3) is 4.73. The average molecular weight is 302 g/mol. The fourth-order valence-corrected chi connectivity index (χ4v) is 2.16. The lowest BCUT2D eigenvalue weighted by molar-refractivity contribution is 0.372. The molecule has 1 atom stereocenters. The molecule has 104 valence electrons. The minimum atomic E-state index is -0.565. The number of nitriles is 1. The maximum absolute atomic E-state index is 8.65. The molecule has 0 aliphatic carbocycles. The third-order valence-corrected chi connectivity index (χ3v) is 3.69. The van der Waals surface area contributed by atoms with Gasteiger partial charge in [-0.3, -0.25) is 0 Å². The number of hydrogen-bond acceptors (Lipinski definition) is 7. The van der Waals surface area contributed by atoms with Gasteiger partial charge in [0.1, 0.15) is 5.38 Å². The maximum atomic E-state index is 8.65. The van der Waals surface area contributed by atoms with Crippen molar-refractivity contribution in [3.63, 3.8) is 0 Å². The first-order valence-corrected chi connectivity index (χ1v) is 7.28. The number of anilines is 1. The summed E-state index contributed by atoms with van der Waals surface area (Å²) >= 11 is 7.06. The van der Waals surface area contributed by atoms with Crippen molar-refractivity contribution < 1.29 is 4.74 Å².